The first-order valence-corrected chi connectivity index (χ1v) is 9.29. The van der Waals surface area contributed by atoms with Crippen LogP contribution >= 0.6 is 0 Å². The highest BCUT2D eigenvalue weighted by Crippen LogP contribution is 2.12. The minimum Gasteiger partial charge on any atom is -0.511 e. The Morgan fingerprint density at radius 3 is 2.19 bits per heavy atom. The van der Waals surface area contributed by atoms with Gasteiger partial charge in [-0.25, -0.2) is 0 Å². The van der Waals surface area contributed by atoms with Crippen molar-refractivity contribution >= 4 is 17.7 Å². The van der Waals surface area contributed by atoms with Gasteiger partial charge >= 0.3 is 0 Å². The molecule has 0 aromatic heterocycles. The molecule has 150 valence electrons. The molecule has 0 aromatic carbocycles. The summed E-state index contributed by atoms with van der Waals surface area (Å²) in [4.78, 5) is 36.3. The van der Waals surface area contributed by atoms with Gasteiger partial charge in [-0.2, -0.15) is 0 Å². The molecule has 1 heterocycles. The van der Waals surface area contributed by atoms with Crippen molar-refractivity contribution in [3.63, 3.8) is 0 Å². The van der Waals surface area contributed by atoms with Gasteiger partial charge in [0.1, 0.15) is 5.76 Å². The molecule has 1 aliphatic heterocycles. The van der Waals surface area contributed by atoms with Crippen molar-refractivity contribution in [3.05, 3.63) is 36.8 Å². The van der Waals surface area contributed by atoms with E-state index in [1.54, 1.807) is 6.92 Å². The van der Waals surface area contributed by atoms with Gasteiger partial charge in [-0.15, -0.1) is 0 Å². The molecule has 27 heavy (non-hydrogen) atoms. The molecule has 7 heteroatoms. The summed E-state index contributed by atoms with van der Waals surface area (Å²) in [6, 6.07) is -0.605. The molecule has 0 radical (unpaired) electrons. The molecule has 1 rings (SSSR count). The molecular weight excluding hydrogens is 346 g/mol. The van der Waals surface area contributed by atoms with Crippen molar-refractivity contribution < 1.29 is 19.5 Å². The van der Waals surface area contributed by atoms with Crippen LogP contribution in [0.3, 0.4) is 0 Å². The lowest BCUT2D eigenvalue weighted by atomic mass is 10.0. The lowest BCUT2D eigenvalue weighted by Gasteiger charge is -2.27. The van der Waals surface area contributed by atoms with Gasteiger partial charge in [-0.3, -0.25) is 19.3 Å². The molecule has 0 fully saturated rings. The number of rotatable bonds is 12. The highest BCUT2D eigenvalue weighted by atomic mass is 16.3. The normalized spacial score (nSPS) is 15.8. The molecule has 0 spiro atoms. The Morgan fingerprint density at radius 2 is 1.67 bits per heavy atom. The Labute approximate surface area is 161 Å². The van der Waals surface area contributed by atoms with Crippen molar-refractivity contribution in [3.8, 4) is 0 Å². The molecule has 7 nitrogen and oxygen atoms in total. The standard InChI is InChI=1S/C20H31N3O4/c1-13(2)20(15(4)21-14(3)16(5)24)22-17(25)9-7-6-8-12-23-18(26)10-11-19(23)27/h10-11,13-14,20-21,24H,4-9,12H2,1-3H3,(H,22,25)/t14-,20-/m0/s1. The van der Waals surface area contributed by atoms with E-state index >= 15 is 0 Å². The van der Waals surface area contributed by atoms with E-state index < -0.39 is 0 Å². The van der Waals surface area contributed by atoms with Gasteiger partial charge in [0.25, 0.3) is 11.8 Å². The van der Waals surface area contributed by atoms with E-state index in [-0.39, 0.29) is 41.5 Å². The third-order valence-electron chi connectivity index (χ3n) is 4.45. The number of amides is 3. The molecule has 0 saturated heterocycles. The predicted octanol–water partition coefficient (Wildman–Crippen LogP) is 2.18. The van der Waals surface area contributed by atoms with Crippen LogP contribution < -0.4 is 10.6 Å². The van der Waals surface area contributed by atoms with Crippen molar-refractivity contribution in [1.82, 2.24) is 15.5 Å². The van der Waals surface area contributed by atoms with E-state index in [1.807, 2.05) is 13.8 Å². The Kier molecular flexibility index (Phi) is 8.78. The monoisotopic (exact) mass is 377 g/mol. The van der Waals surface area contributed by atoms with Crippen LogP contribution in [0.1, 0.15) is 46.5 Å². The number of hydrogen-bond acceptors (Lipinski definition) is 5. The average molecular weight is 377 g/mol. The van der Waals surface area contributed by atoms with Crippen LogP contribution in [0.15, 0.2) is 36.8 Å². The fourth-order valence-corrected chi connectivity index (χ4v) is 2.74. The zero-order valence-electron chi connectivity index (χ0n) is 16.5. The van der Waals surface area contributed by atoms with Crippen LogP contribution in [0.2, 0.25) is 0 Å². The highest BCUT2D eigenvalue weighted by molar-refractivity contribution is 6.12. The van der Waals surface area contributed by atoms with E-state index in [0.717, 1.165) is 6.42 Å². The third-order valence-corrected chi connectivity index (χ3v) is 4.45. The number of unbranched alkanes of at least 4 members (excludes halogenated alkanes) is 2. The first-order valence-electron chi connectivity index (χ1n) is 9.29. The number of carbonyl (C=O) groups excluding carboxylic acids is 3. The van der Waals surface area contributed by atoms with Gasteiger partial charge in [0.15, 0.2) is 0 Å². The van der Waals surface area contributed by atoms with E-state index in [1.165, 1.54) is 17.1 Å². The predicted molar refractivity (Wildman–Crippen MR) is 105 cm³/mol. The maximum absolute atomic E-state index is 12.2. The van der Waals surface area contributed by atoms with Gasteiger partial charge < -0.3 is 15.7 Å². The fourth-order valence-electron chi connectivity index (χ4n) is 2.74. The van der Waals surface area contributed by atoms with Crippen LogP contribution in [-0.4, -0.2) is 46.4 Å². The average Bonchev–Trinajstić information content (AvgIpc) is 2.90. The van der Waals surface area contributed by atoms with Gasteiger partial charge in [0.05, 0.1) is 12.1 Å². The maximum Gasteiger partial charge on any atom is 0.253 e. The van der Waals surface area contributed by atoms with Gasteiger partial charge in [0.2, 0.25) is 5.91 Å². The summed E-state index contributed by atoms with van der Waals surface area (Å²) in [6.45, 7) is 13.6. The van der Waals surface area contributed by atoms with Gasteiger partial charge in [0, 0.05) is 30.8 Å². The van der Waals surface area contributed by atoms with E-state index in [9.17, 15) is 19.5 Å². The quantitative estimate of drug-likeness (QED) is 0.275. The second-order valence-corrected chi connectivity index (χ2v) is 7.14. The molecule has 3 N–H and O–H groups in total. The summed E-state index contributed by atoms with van der Waals surface area (Å²) in [6.07, 6.45) is 5.00. The number of nitrogens with zero attached hydrogens (tertiary/aromatic N) is 1. The Morgan fingerprint density at radius 1 is 1.07 bits per heavy atom. The number of imide groups is 1. The van der Waals surface area contributed by atoms with E-state index in [0.29, 0.717) is 31.5 Å². The second-order valence-electron chi connectivity index (χ2n) is 7.14. The molecule has 2 atom stereocenters. The number of aliphatic hydroxyl groups is 1. The number of carbonyl (C=O) groups is 3. The van der Waals surface area contributed by atoms with Crippen molar-refractivity contribution in [2.75, 3.05) is 6.54 Å². The molecule has 0 bridgehead atoms. The molecule has 0 aromatic rings. The van der Waals surface area contributed by atoms with Gasteiger partial charge in [-0.05, 0) is 25.7 Å². The van der Waals surface area contributed by atoms with E-state index in [2.05, 4.69) is 23.8 Å². The smallest absolute Gasteiger partial charge is 0.253 e. The van der Waals surface area contributed by atoms with Crippen molar-refractivity contribution in [2.24, 2.45) is 5.92 Å². The van der Waals surface area contributed by atoms with E-state index in [4.69, 9.17) is 0 Å². The van der Waals surface area contributed by atoms with Crippen molar-refractivity contribution in [1.29, 1.82) is 0 Å². The van der Waals surface area contributed by atoms with Crippen LogP contribution in [-0.2, 0) is 14.4 Å². The van der Waals surface area contributed by atoms with Crippen LogP contribution in [0.25, 0.3) is 0 Å². The van der Waals surface area contributed by atoms with Crippen LogP contribution in [0.5, 0.6) is 0 Å². The Bertz CT molecular complexity index is 607. The summed E-state index contributed by atoms with van der Waals surface area (Å²) in [7, 11) is 0. The Balaban J connectivity index is 2.33. The topological polar surface area (TPSA) is 98.7 Å². The van der Waals surface area contributed by atoms with Crippen molar-refractivity contribution in [2.45, 2.75) is 58.5 Å². The minimum atomic E-state index is -0.346. The molecule has 3 amide bonds. The Hall–Kier alpha value is -2.57. The third kappa shape index (κ3) is 7.29. The number of nitrogens with one attached hydrogen (secondary N) is 2. The van der Waals surface area contributed by atoms with Gasteiger partial charge in [-0.1, -0.05) is 33.4 Å². The molecule has 0 aliphatic carbocycles. The summed E-state index contributed by atoms with van der Waals surface area (Å²) in [5.41, 5.74) is 0.625. The zero-order valence-corrected chi connectivity index (χ0v) is 16.5. The van der Waals surface area contributed by atoms with Crippen LogP contribution in [0, 0.1) is 5.92 Å². The summed E-state index contributed by atoms with van der Waals surface area (Å²) >= 11 is 0. The highest BCUT2D eigenvalue weighted by Gasteiger charge is 2.23. The number of hydrogen-bond donors (Lipinski definition) is 3. The minimum absolute atomic E-state index is 0.00940. The molecule has 1 aliphatic rings. The largest absolute Gasteiger partial charge is 0.511 e. The summed E-state index contributed by atoms with van der Waals surface area (Å²) in [5, 5.41) is 15.4. The first-order chi connectivity index (χ1) is 12.6. The summed E-state index contributed by atoms with van der Waals surface area (Å²) in [5.74, 6) is -0.489. The second kappa shape index (κ2) is 10.5. The lowest BCUT2D eigenvalue weighted by Crippen LogP contribution is -2.45. The molecule has 0 unspecified atom stereocenters. The summed E-state index contributed by atoms with van der Waals surface area (Å²) < 4.78 is 0. The molecular formula is C20H31N3O4. The fraction of sp³-hybridized carbons (Fsp3) is 0.550. The lowest BCUT2D eigenvalue weighted by molar-refractivity contribution is -0.137. The first kappa shape index (κ1) is 22.5. The SMILES string of the molecule is C=C(O)[C@H](C)NC(=C)[C@@H](NC(=O)CCCCCN1C(=O)C=CC1=O)C(C)C. The zero-order chi connectivity index (χ0) is 20.6. The number of aliphatic hydroxyl groups excluding tert-OH is 1. The van der Waals surface area contributed by atoms with Crippen LogP contribution in [0.4, 0.5) is 0 Å². The molecule has 0 saturated carbocycles. The maximum atomic E-state index is 12.2.